The van der Waals surface area contributed by atoms with Gasteiger partial charge in [0, 0.05) is 25.9 Å². The molecule has 1 rings (SSSR count). The van der Waals surface area contributed by atoms with Gasteiger partial charge in [0.25, 0.3) is 0 Å². The second-order valence-corrected chi connectivity index (χ2v) is 3.43. The molecule has 0 aromatic rings. The molecule has 15 heavy (non-hydrogen) atoms. The number of carboxylic acid groups (broad SMARTS) is 1. The SMILES string of the molecule is CC.CCN1CC(CC(=O)O)CCC1=O. The van der Waals surface area contributed by atoms with Gasteiger partial charge in [0.15, 0.2) is 0 Å². The Labute approximate surface area is 91.3 Å². The fourth-order valence-electron chi connectivity index (χ4n) is 1.71. The summed E-state index contributed by atoms with van der Waals surface area (Å²) >= 11 is 0. The van der Waals surface area contributed by atoms with Gasteiger partial charge in [-0.05, 0) is 19.3 Å². The number of piperidine rings is 1. The van der Waals surface area contributed by atoms with Crippen LogP contribution in [0.25, 0.3) is 0 Å². The van der Waals surface area contributed by atoms with Gasteiger partial charge >= 0.3 is 5.97 Å². The van der Waals surface area contributed by atoms with Crippen molar-refractivity contribution in [3.05, 3.63) is 0 Å². The normalized spacial score (nSPS) is 20.6. The summed E-state index contributed by atoms with van der Waals surface area (Å²) in [6.07, 6.45) is 1.41. The quantitative estimate of drug-likeness (QED) is 0.780. The molecule has 0 aliphatic carbocycles. The first kappa shape index (κ1) is 13.9. The van der Waals surface area contributed by atoms with Crippen molar-refractivity contribution in [3.8, 4) is 0 Å². The smallest absolute Gasteiger partial charge is 0.303 e. The van der Waals surface area contributed by atoms with Crippen molar-refractivity contribution in [3.63, 3.8) is 0 Å². The van der Waals surface area contributed by atoms with Gasteiger partial charge in [0.05, 0.1) is 0 Å². The lowest BCUT2D eigenvalue weighted by molar-refractivity contribution is -0.141. The molecule has 0 aromatic heterocycles. The van der Waals surface area contributed by atoms with Crippen molar-refractivity contribution in [1.29, 1.82) is 0 Å². The number of carboxylic acids is 1. The number of hydrogen-bond donors (Lipinski definition) is 1. The highest BCUT2D eigenvalue weighted by Crippen LogP contribution is 2.19. The summed E-state index contributed by atoms with van der Waals surface area (Å²) in [6.45, 7) is 7.22. The van der Waals surface area contributed by atoms with Crippen LogP contribution < -0.4 is 0 Å². The zero-order valence-corrected chi connectivity index (χ0v) is 9.82. The summed E-state index contributed by atoms with van der Waals surface area (Å²) in [5.74, 6) is -0.463. The minimum absolute atomic E-state index is 0.148. The lowest BCUT2D eigenvalue weighted by Gasteiger charge is -2.30. The average Bonchev–Trinajstić information content (AvgIpc) is 2.23. The Hall–Kier alpha value is -1.06. The molecule has 1 amide bonds. The predicted molar refractivity (Wildman–Crippen MR) is 58.6 cm³/mol. The second kappa shape index (κ2) is 7.26. The van der Waals surface area contributed by atoms with E-state index < -0.39 is 5.97 Å². The van der Waals surface area contributed by atoms with Crippen LogP contribution in [0.5, 0.6) is 0 Å². The third-order valence-electron chi connectivity index (χ3n) is 2.44. The number of aliphatic carboxylic acids is 1. The molecule has 0 spiro atoms. The lowest BCUT2D eigenvalue weighted by atomic mass is 9.94. The Bertz CT molecular complexity index is 216. The van der Waals surface area contributed by atoms with Crippen LogP contribution in [0.4, 0.5) is 0 Å². The summed E-state index contributed by atoms with van der Waals surface area (Å²) in [6, 6.07) is 0. The number of rotatable bonds is 3. The molecule has 1 saturated heterocycles. The second-order valence-electron chi connectivity index (χ2n) is 3.43. The van der Waals surface area contributed by atoms with Gasteiger partial charge in [-0.1, -0.05) is 13.8 Å². The van der Waals surface area contributed by atoms with Crippen LogP contribution in [0.3, 0.4) is 0 Å². The maximum absolute atomic E-state index is 11.2. The zero-order valence-electron chi connectivity index (χ0n) is 9.82. The fourth-order valence-corrected chi connectivity index (χ4v) is 1.71. The van der Waals surface area contributed by atoms with E-state index in [1.807, 2.05) is 20.8 Å². The van der Waals surface area contributed by atoms with E-state index in [-0.39, 0.29) is 18.2 Å². The van der Waals surface area contributed by atoms with Crippen LogP contribution in [0.15, 0.2) is 0 Å². The first-order valence-corrected chi connectivity index (χ1v) is 5.63. The highest BCUT2D eigenvalue weighted by atomic mass is 16.4. The van der Waals surface area contributed by atoms with Gasteiger partial charge in [-0.2, -0.15) is 0 Å². The third kappa shape index (κ3) is 4.81. The molecule has 0 radical (unpaired) electrons. The van der Waals surface area contributed by atoms with Crippen molar-refractivity contribution in [1.82, 2.24) is 4.90 Å². The maximum Gasteiger partial charge on any atom is 0.303 e. The Kier molecular flexibility index (Phi) is 6.75. The Morgan fingerprint density at radius 2 is 2.13 bits per heavy atom. The van der Waals surface area contributed by atoms with Crippen LogP contribution in [0, 0.1) is 5.92 Å². The van der Waals surface area contributed by atoms with Gasteiger partial charge in [-0.3, -0.25) is 9.59 Å². The molecule has 1 heterocycles. The summed E-state index contributed by atoms with van der Waals surface area (Å²) in [7, 11) is 0. The highest BCUT2D eigenvalue weighted by molar-refractivity contribution is 5.77. The van der Waals surface area contributed by atoms with Gasteiger partial charge in [-0.25, -0.2) is 0 Å². The van der Waals surface area contributed by atoms with E-state index >= 15 is 0 Å². The number of nitrogens with zero attached hydrogens (tertiary/aromatic N) is 1. The molecule has 1 aliphatic rings. The molecule has 1 N–H and O–H groups in total. The molecule has 88 valence electrons. The molecule has 1 atom stereocenters. The number of likely N-dealkylation sites (tertiary alicyclic amines) is 1. The Morgan fingerprint density at radius 3 is 2.60 bits per heavy atom. The molecule has 4 nitrogen and oxygen atoms in total. The van der Waals surface area contributed by atoms with E-state index in [9.17, 15) is 9.59 Å². The Morgan fingerprint density at radius 1 is 1.53 bits per heavy atom. The molecule has 1 fully saturated rings. The predicted octanol–water partition coefficient (Wildman–Crippen LogP) is 1.75. The monoisotopic (exact) mass is 215 g/mol. The van der Waals surface area contributed by atoms with Crippen LogP contribution in [0.1, 0.15) is 40.0 Å². The first-order chi connectivity index (χ1) is 7.13. The molecule has 0 saturated carbocycles. The Balaban J connectivity index is 0.000000921. The van der Waals surface area contributed by atoms with Crippen LogP contribution in [-0.4, -0.2) is 35.0 Å². The van der Waals surface area contributed by atoms with Crippen LogP contribution >= 0.6 is 0 Å². The molecular weight excluding hydrogens is 194 g/mol. The van der Waals surface area contributed by atoms with Crippen LogP contribution in [-0.2, 0) is 9.59 Å². The molecule has 1 aliphatic heterocycles. The topological polar surface area (TPSA) is 57.6 Å². The highest BCUT2D eigenvalue weighted by Gasteiger charge is 2.25. The van der Waals surface area contributed by atoms with Crippen molar-refractivity contribution in [2.75, 3.05) is 13.1 Å². The van der Waals surface area contributed by atoms with E-state index in [0.717, 1.165) is 6.42 Å². The van der Waals surface area contributed by atoms with Crippen LogP contribution in [0.2, 0.25) is 0 Å². The van der Waals surface area contributed by atoms with Gasteiger partial charge in [0.1, 0.15) is 0 Å². The first-order valence-electron chi connectivity index (χ1n) is 5.63. The van der Waals surface area contributed by atoms with E-state index in [0.29, 0.717) is 19.5 Å². The van der Waals surface area contributed by atoms with E-state index in [2.05, 4.69) is 0 Å². The van der Waals surface area contributed by atoms with E-state index in [1.54, 1.807) is 4.90 Å². The fraction of sp³-hybridized carbons (Fsp3) is 0.818. The van der Waals surface area contributed by atoms with Crippen molar-refractivity contribution < 1.29 is 14.7 Å². The van der Waals surface area contributed by atoms with E-state index in [1.165, 1.54) is 0 Å². The number of hydrogen-bond acceptors (Lipinski definition) is 2. The summed E-state index contributed by atoms with van der Waals surface area (Å²) in [5, 5.41) is 8.59. The lowest BCUT2D eigenvalue weighted by Crippen LogP contribution is -2.40. The van der Waals surface area contributed by atoms with Crippen molar-refractivity contribution in [2.45, 2.75) is 40.0 Å². The van der Waals surface area contributed by atoms with Crippen molar-refractivity contribution >= 4 is 11.9 Å². The van der Waals surface area contributed by atoms with Gasteiger partial charge < -0.3 is 10.0 Å². The van der Waals surface area contributed by atoms with Gasteiger partial charge in [-0.15, -0.1) is 0 Å². The minimum atomic E-state index is -0.768. The summed E-state index contributed by atoms with van der Waals surface area (Å²) < 4.78 is 0. The largest absolute Gasteiger partial charge is 0.481 e. The number of amides is 1. The zero-order chi connectivity index (χ0) is 11.8. The standard InChI is InChI=1S/C9H15NO3.C2H6/c1-2-10-6-7(5-9(12)13)3-4-8(10)11;1-2/h7H,2-6H2,1H3,(H,12,13);1-2H3. The summed E-state index contributed by atoms with van der Waals surface area (Å²) in [5.41, 5.74) is 0. The number of carbonyl (C=O) groups excluding carboxylic acids is 1. The molecule has 4 heteroatoms. The summed E-state index contributed by atoms with van der Waals surface area (Å²) in [4.78, 5) is 23.4. The minimum Gasteiger partial charge on any atom is -0.481 e. The molecule has 0 aromatic carbocycles. The maximum atomic E-state index is 11.2. The third-order valence-corrected chi connectivity index (χ3v) is 2.44. The number of carbonyl (C=O) groups is 2. The van der Waals surface area contributed by atoms with E-state index in [4.69, 9.17) is 5.11 Å². The molecule has 0 bridgehead atoms. The van der Waals surface area contributed by atoms with Gasteiger partial charge in [0.2, 0.25) is 5.91 Å². The molecule has 1 unspecified atom stereocenters. The molecular formula is C11H21NO3. The van der Waals surface area contributed by atoms with Crippen molar-refractivity contribution in [2.24, 2.45) is 5.92 Å². The average molecular weight is 215 g/mol.